The second kappa shape index (κ2) is 8.11. The van der Waals surface area contributed by atoms with Crippen molar-refractivity contribution >= 4 is 0 Å². The molecule has 0 aromatic heterocycles. The summed E-state index contributed by atoms with van der Waals surface area (Å²) in [5.41, 5.74) is 1.34. The second-order valence-corrected chi connectivity index (χ2v) is 4.29. The molecule has 0 aliphatic rings. The van der Waals surface area contributed by atoms with E-state index in [1.807, 2.05) is 26.0 Å². The predicted molar refractivity (Wildman–Crippen MR) is 72.7 cm³/mol. The number of hydrogen-bond acceptors (Lipinski definition) is 3. The molecule has 18 heavy (non-hydrogen) atoms. The van der Waals surface area contributed by atoms with E-state index in [0.29, 0.717) is 0 Å². The Bertz CT molecular complexity index is 321. The summed E-state index contributed by atoms with van der Waals surface area (Å²) in [6, 6.07) is 8.19. The van der Waals surface area contributed by atoms with Crippen molar-refractivity contribution in [1.29, 1.82) is 0 Å². The minimum atomic E-state index is -0.267. The summed E-state index contributed by atoms with van der Waals surface area (Å²) in [6.07, 6.45) is 2.53. The van der Waals surface area contributed by atoms with Crippen molar-refractivity contribution in [1.82, 2.24) is 0 Å². The summed E-state index contributed by atoms with van der Waals surface area (Å²) >= 11 is 0. The van der Waals surface area contributed by atoms with Crippen LogP contribution < -0.4 is 4.74 Å². The molecule has 3 heteroatoms. The fourth-order valence-electron chi connectivity index (χ4n) is 1.65. The molecule has 0 spiro atoms. The van der Waals surface area contributed by atoms with Gasteiger partial charge in [-0.1, -0.05) is 32.4 Å². The molecule has 0 radical (unpaired) electrons. The molecule has 1 aromatic rings. The van der Waals surface area contributed by atoms with Gasteiger partial charge in [-0.2, -0.15) is 0 Å². The fraction of sp³-hybridized carbons (Fsp3) is 0.600. The maximum Gasteiger partial charge on any atom is 0.202 e. The van der Waals surface area contributed by atoms with Crippen molar-refractivity contribution in [3.63, 3.8) is 0 Å². The zero-order chi connectivity index (χ0) is 13.4. The highest BCUT2D eigenvalue weighted by Crippen LogP contribution is 2.17. The maximum atomic E-state index is 5.77. The van der Waals surface area contributed by atoms with Crippen LogP contribution in [0.25, 0.3) is 0 Å². The summed E-state index contributed by atoms with van der Waals surface area (Å²) in [5, 5.41) is 0. The van der Waals surface area contributed by atoms with Crippen molar-refractivity contribution in [2.45, 2.75) is 52.6 Å². The summed E-state index contributed by atoms with van der Waals surface area (Å²) in [4.78, 5) is 0. The average Bonchev–Trinajstić information content (AvgIpc) is 2.40. The van der Waals surface area contributed by atoms with Gasteiger partial charge in [0.15, 0.2) is 6.29 Å². The van der Waals surface area contributed by atoms with Gasteiger partial charge in [0.05, 0.1) is 0 Å². The molecule has 2 unspecified atom stereocenters. The second-order valence-electron chi connectivity index (χ2n) is 4.29. The van der Waals surface area contributed by atoms with E-state index in [4.69, 9.17) is 14.2 Å². The zero-order valence-corrected chi connectivity index (χ0v) is 11.8. The molecule has 0 aliphatic heterocycles. The molecular formula is C15H24O3. The molecule has 102 valence electrons. The lowest BCUT2D eigenvalue weighted by Gasteiger charge is -2.21. The van der Waals surface area contributed by atoms with Crippen molar-refractivity contribution in [3.05, 3.63) is 29.8 Å². The van der Waals surface area contributed by atoms with Gasteiger partial charge in [-0.05, 0) is 31.0 Å². The fourth-order valence-corrected chi connectivity index (χ4v) is 1.65. The Morgan fingerprint density at radius 1 is 1.11 bits per heavy atom. The van der Waals surface area contributed by atoms with Gasteiger partial charge in [0.25, 0.3) is 0 Å². The topological polar surface area (TPSA) is 27.7 Å². The summed E-state index contributed by atoms with van der Waals surface area (Å²) in [5.74, 6) is 0.838. The quantitative estimate of drug-likeness (QED) is 0.659. The van der Waals surface area contributed by atoms with Crippen LogP contribution in [-0.2, 0) is 15.9 Å². The Labute approximate surface area is 110 Å². The highest BCUT2D eigenvalue weighted by molar-refractivity contribution is 5.27. The van der Waals surface area contributed by atoms with Gasteiger partial charge in [0.1, 0.15) is 5.75 Å². The van der Waals surface area contributed by atoms with Gasteiger partial charge in [0, 0.05) is 13.5 Å². The first-order valence-corrected chi connectivity index (χ1v) is 6.63. The lowest BCUT2D eigenvalue weighted by atomic mass is 10.1. The number of ether oxygens (including phenoxy) is 3. The van der Waals surface area contributed by atoms with Crippen molar-refractivity contribution in [2.75, 3.05) is 7.11 Å². The van der Waals surface area contributed by atoms with Gasteiger partial charge >= 0.3 is 0 Å². The zero-order valence-electron chi connectivity index (χ0n) is 11.8. The first-order valence-electron chi connectivity index (χ1n) is 6.63. The Hall–Kier alpha value is -1.06. The van der Waals surface area contributed by atoms with E-state index in [1.165, 1.54) is 5.56 Å². The van der Waals surface area contributed by atoms with Crippen LogP contribution >= 0.6 is 0 Å². The molecule has 0 heterocycles. The van der Waals surface area contributed by atoms with Crippen LogP contribution in [0, 0.1) is 0 Å². The van der Waals surface area contributed by atoms with E-state index in [9.17, 15) is 0 Å². The monoisotopic (exact) mass is 252 g/mol. The normalized spacial score (nSPS) is 14.2. The van der Waals surface area contributed by atoms with E-state index < -0.39 is 0 Å². The van der Waals surface area contributed by atoms with Gasteiger partial charge in [0.2, 0.25) is 6.29 Å². The first kappa shape index (κ1) is 15.0. The molecule has 0 amide bonds. The minimum absolute atomic E-state index is 0.255. The molecule has 2 atom stereocenters. The molecule has 1 rings (SSSR count). The Morgan fingerprint density at radius 2 is 1.78 bits per heavy atom. The van der Waals surface area contributed by atoms with Gasteiger partial charge in [-0.25, -0.2) is 0 Å². The average molecular weight is 252 g/mol. The highest BCUT2D eigenvalue weighted by Gasteiger charge is 2.12. The number of hydrogen-bond donors (Lipinski definition) is 0. The Kier molecular flexibility index (Phi) is 6.76. The lowest BCUT2D eigenvalue weighted by Crippen LogP contribution is -2.25. The molecule has 0 fully saturated rings. The van der Waals surface area contributed by atoms with Crippen LogP contribution in [0.3, 0.4) is 0 Å². The molecular weight excluding hydrogens is 228 g/mol. The first-order chi connectivity index (χ1) is 8.69. The highest BCUT2D eigenvalue weighted by atomic mass is 16.8. The van der Waals surface area contributed by atoms with Crippen molar-refractivity contribution in [3.8, 4) is 5.75 Å². The molecule has 0 aliphatic carbocycles. The summed E-state index contributed by atoms with van der Waals surface area (Å²) in [6.45, 7) is 6.06. The predicted octanol–water partition coefficient (Wildman–Crippen LogP) is 3.76. The molecule has 0 bridgehead atoms. The van der Waals surface area contributed by atoms with Crippen LogP contribution in [0.4, 0.5) is 0 Å². The third-order valence-electron chi connectivity index (χ3n) is 2.74. The minimum Gasteiger partial charge on any atom is -0.465 e. The number of rotatable bonds is 8. The Balaban J connectivity index is 2.53. The summed E-state index contributed by atoms with van der Waals surface area (Å²) < 4.78 is 16.4. The van der Waals surface area contributed by atoms with Gasteiger partial charge in [-0.15, -0.1) is 0 Å². The standard InChI is InChI=1S/C15H24O3/c1-5-7-13-8-10-14(11-9-13)18-15(6-2)17-12(3)16-4/h8-12,15H,5-7H2,1-4H3. The number of aryl methyl sites for hydroxylation is 1. The smallest absolute Gasteiger partial charge is 0.202 e. The Morgan fingerprint density at radius 3 is 2.28 bits per heavy atom. The van der Waals surface area contributed by atoms with Gasteiger partial charge in [-0.3, -0.25) is 0 Å². The van der Waals surface area contributed by atoms with E-state index in [2.05, 4.69) is 19.1 Å². The van der Waals surface area contributed by atoms with E-state index in [0.717, 1.165) is 25.0 Å². The molecule has 0 saturated carbocycles. The van der Waals surface area contributed by atoms with Gasteiger partial charge < -0.3 is 14.2 Å². The summed E-state index contributed by atoms with van der Waals surface area (Å²) in [7, 11) is 1.62. The van der Waals surface area contributed by atoms with E-state index >= 15 is 0 Å². The molecule has 0 saturated heterocycles. The lowest BCUT2D eigenvalue weighted by molar-refractivity contribution is -0.200. The SMILES string of the molecule is CCCc1ccc(OC(CC)OC(C)OC)cc1. The molecule has 3 nitrogen and oxygen atoms in total. The largest absolute Gasteiger partial charge is 0.465 e. The molecule has 1 aromatic carbocycles. The third kappa shape index (κ3) is 5.07. The number of benzene rings is 1. The van der Waals surface area contributed by atoms with Crippen LogP contribution in [-0.4, -0.2) is 19.7 Å². The van der Waals surface area contributed by atoms with Crippen molar-refractivity contribution in [2.24, 2.45) is 0 Å². The van der Waals surface area contributed by atoms with E-state index in [-0.39, 0.29) is 12.6 Å². The van der Waals surface area contributed by atoms with Crippen molar-refractivity contribution < 1.29 is 14.2 Å². The maximum absolute atomic E-state index is 5.77. The van der Waals surface area contributed by atoms with Crippen LogP contribution in [0.1, 0.15) is 39.2 Å². The van der Waals surface area contributed by atoms with Crippen LogP contribution in [0.2, 0.25) is 0 Å². The van der Waals surface area contributed by atoms with E-state index in [1.54, 1.807) is 7.11 Å². The third-order valence-corrected chi connectivity index (χ3v) is 2.74. The van der Waals surface area contributed by atoms with Crippen LogP contribution in [0.15, 0.2) is 24.3 Å². The number of methoxy groups -OCH3 is 1. The van der Waals surface area contributed by atoms with Crippen LogP contribution in [0.5, 0.6) is 5.75 Å². The molecule has 0 N–H and O–H groups in total.